The Morgan fingerprint density at radius 2 is 2.00 bits per heavy atom. The number of ether oxygens (including phenoxy) is 1. The van der Waals surface area contributed by atoms with Crippen LogP contribution in [-0.4, -0.2) is 47.7 Å². The topological polar surface area (TPSA) is 103 Å². The summed E-state index contributed by atoms with van der Waals surface area (Å²) < 4.78 is 45.8. The quantitative estimate of drug-likeness (QED) is 0.425. The molecule has 1 atom stereocenters. The van der Waals surface area contributed by atoms with Gasteiger partial charge in [-0.25, -0.2) is 22.5 Å². The lowest BCUT2D eigenvalue weighted by molar-refractivity contribution is 0.0952. The SMILES string of the molecule is COc1cccc(CNC(=O)c2cc(-c3ccccc3F)nc3c2c(C)nn3C2CCS(=O)(=O)C2)c1. The third-order valence-corrected chi connectivity index (χ3v) is 8.12. The van der Waals surface area contributed by atoms with Crippen LogP contribution in [0, 0.1) is 12.7 Å². The van der Waals surface area contributed by atoms with Crippen LogP contribution in [0.5, 0.6) is 5.75 Å². The molecule has 1 aliphatic rings. The summed E-state index contributed by atoms with van der Waals surface area (Å²) in [6.45, 7) is 2.01. The van der Waals surface area contributed by atoms with Crippen LogP contribution in [-0.2, 0) is 16.4 Å². The number of benzene rings is 2. The number of hydrogen-bond donors (Lipinski definition) is 1. The van der Waals surface area contributed by atoms with E-state index >= 15 is 0 Å². The van der Waals surface area contributed by atoms with Crippen molar-refractivity contribution in [3.63, 3.8) is 0 Å². The first-order valence-corrected chi connectivity index (χ1v) is 13.3. The number of nitrogens with one attached hydrogen (secondary N) is 1. The summed E-state index contributed by atoms with van der Waals surface area (Å²) in [5.74, 6) is -0.146. The number of halogens is 1. The molecule has 2 aromatic heterocycles. The molecule has 0 bridgehead atoms. The minimum atomic E-state index is -3.18. The largest absolute Gasteiger partial charge is 0.497 e. The van der Waals surface area contributed by atoms with Crippen molar-refractivity contribution >= 4 is 26.8 Å². The Morgan fingerprint density at radius 1 is 1.19 bits per heavy atom. The average Bonchev–Trinajstić information content (AvgIpc) is 3.40. The van der Waals surface area contributed by atoms with Gasteiger partial charge in [-0.3, -0.25) is 4.79 Å². The van der Waals surface area contributed by atoms with Gasteiger partial charge >= 0.3 is 0 Å². The average molecular weight is 509 g/mol. The molecular weight excluding hydrogens is 483 g/mol. The molecule has 1 saturated heterocycles. The molecule has 1 aliphatic heterocycles. The van der Waals surface area contributed by atoms with Crippen molar-refractivity contribution in [3.8, 4) is 17.0 Å². The maximum atomic E-state index is 14.7. The van der Waals surface area contributed by atoms with E-state index in [0.29, 0.717) is 34.5 Å². The molecular formula is C26H25FN4O4S. The highest BCUT2D eigenvalue weighted by Crippen LogP contribution is 2.32. The smallest absolute Gasteiger partial charge is 0.252 e. The zero-order valence-electron chi connectivity index (χ0n) is 19.9. The van der Waals surface area contributed by atoms with Gasteiger partial charge in [-0.05, 0) is 49.2 Å². The summed E-state index contributed by atoms with van der Waals surface area (Å²) in [5.41, 5.74) is 2.58. The van der Waals surface area contributed by atoms with Crippen LogP contribution < -0.4 is 10.1 Å². The minimum Gasteiger partial charge on any atom is -0.497 e. The van der Waals surface area contributed by atoms with Crippen molar-refractivity contribution in [1.82, 2.24) is 20.1 Å². The number of carbonyl (C=O) groups is 1. The van der Waals surface area contributed by atoms with Gasteiger partial charge in [-0.1, -0.05) is 24.3 Å². The van der Waals surface area contributed by atoms with Crippen molar-refractivity contribution in [1.29, 1.82) is 0 Å². The van der Waals surface area contributed by atoms with Gasteiger partial charge in [-0.2, -0.15) is 5.10 Å². The van der Waals surface area contributed by atoms with E-state index in [4.69, 9.17) is 4.74 Å². The predicted octanol–water partition coefficient (Wildman–Crippen LogP) is 3.84. The van der Waals surface area contributed by atoms with E-state index in [2.05, 4.69) is 15.4 Å². The lowest BCUT2D eigenvalue weighted by Gasteiger charge is -2.13. The third-order valence-electron chi connectivity index (χ3n) is 6.37. The molecule has 2 aromatic carbocycles. The molecule has 36 heavy (non-hydrogen) atoms. The monoisotopic (exact) mass is 508 g/mol. The second kappa shape index (κ2) is 9.34. The van der Waals surface area contributed by atoms with Gasteiger partial charge in [0.05, 0.1) is 47.0 Å². The number of amides is 1. The van der Waals surface area contributed by atoms with Gasteiger partial charge in [0, 0.05) is 12.1 Å². The van der Waals surface area contributed by atoms with Crippen LogP contribution in [0.1, 0.15) is 34.1 Å². The Bertz CT molecular complexity index is 1580. The Balaban J connectivity index is 1.60. The van der Waals surface area contributed by atoms with Crippen LogP contribution in [0.3, 0.4) is 0 Å². The summed E-state index contributed by atoms with van der Waals surface area (Å²) in [7, 11) is -1.61. The van der Waals surface area contributed by atoms with Crippen molar-refractivity contribution in [2.75, 3.05) is 18.6 Å². The van der Waals surface area contributed by atoms with Crippen molar-refractivity contribution in [2.45, 2.75) is 25.9 Å². The molecule has 8 nitrogen and oxygen atoms in total. The highest BCUT2D eigenvalue weighted by atomic mass is 32.2. The van der Waals surface area contributed by atoms with Crippen LogP contribution in [0.15, 0.2) is 54.6 Å². The molecule has 0 saturated carbocycles. The Hall–Kier alpha value is -3.79. The summed E-state index contributed by atoms with van der Waals surface area (Å²) in [6, 6.07) is 14.7. The Kier molecular flexibility index (Phi) is 6.21. The molecule has 1 fully saturated rings. The first kappa shape index (κ1) is 23.9. The molecule has 10 heteroatoms. The van der Waals surface area contributed by atoms with Crippen LogP contribution in [0.4, 0.5) is 4.39 Å². The molecule has 3 heterocycles. The number of sulfone groups is 1. The lowest BCUT2D eigenvalue weighted by atomic mass is 10.0. The summed E-state index contributed by atoms with van der Waals surface area (Å²) in [4.78, 5) is 18.1. The zero-order chi connectivity index (χ0) is 25.4. The molecule has 1 N–H and O–H groups in total. The molecule has 1 amide bonds. The van der Waals surface area contributed by atoms with E-state index in [1.54, 1.807) is 43.0 Å². The second-order valence-corrected chi connectivity index (χ2v) is 11.1. The molecule has 4 aromatic rings. The van der Waals surface area contributed by atoms with E-state index in [1.165, 1.54) is 6.07 Å². The highest BCUT2D eigenvalue weighted by molar-refractivity contribution is 7.91. The zero-order valence-corrected chi connectivity index (χ0v) is 20.7. The Labute approximate surface area is 208 Å². The number of carbonyl (C=O) groups excluding carboxylic acids is 1. The Morgan fingerprint density at radius 3 is 2.72 bits per heavy atom. The number of aromatic nitrogens is 3. The fourth-order valence-corrected chi connectivity index (χ4v) is 6.27. The van der Waals surface area contributed by atoms with E-state index in [-0.39, 0.29) is 35.2 Å². The molecule has 186 valence electrons. The standard InChI is InChI=1S/C26H25FN4O4S/c1-16-24-21(26(32)28-14-17-6-5-7-19(12-17)35-2)13-23(20-8-3-4-9-22(20)27)29-25(24)31(30-16)18-10-11-36(33,34)15-18/h3-9,12-13,18H,10-11,14-15H2,1-2H3,(H,28,32). The number of hydrogen-bond acceptors (Lipinski definition) is 6. The van der Waals surface area contributed by atoms with Gasteiger partial charge in [0.15, 0.2) is 15.5 Å². The first-order chi connectivity index (χ1) is 17.3. The number of rotatable bonds is 6. The highest BCUT2D eigenvalue weighted by Gasteiger charge is 2.32. The van der Waals surface area contributed by atoms with Gasteiger partial charge in [0.1, 0.15) is 11.6 Å². The van der Waals surface area contributed by atoms with Gasteiger partial charge in [-0.15, -0.1) is 0 Å². The fourth-order valence-electron chi connectivity index (χ4n) is 4.58. The predicted molar refractivity (Wildman–Crippen MR) is 134 cm³/mol. The lowest BCUT2D eigenvalue weighted by Crippen LogP contribution is -2.23. The van der Waals surface area contributed by atoms with Crippen LogP contribution in [0.25, 0.3) is 22.3 Å². The van der Waals surface area contributed by atoms with E-state index in [9.17, 15) is 17.6 Å². The molecule has 0 aliphatic carbocycles. The second-order valence-electron chi connectivity index (χ2n) is 8.85. The summed E-state index contributed by atoms with van der Waals surface area (Å²) >= 11 is 0. The van der Waals surface area contributed by atoms with Crippen molar-refractivity contribution < 1.29 is 22.3 Å². The van der Waals surface area contributed by atoms with Gasteiger partial charge in [0.2, 0.25) is 0 Å². The van der Waals surface area contributed by atoms with Crippen molar-refractivity contribution in [3.05, 3.63) is 77.2 Å². The first-order valence-electron chi connectivity index (χ1n) is 11.5. The number of nitrogens with zero attached hydrogens (tertiary/aromatic N) is 3. The number of methoxy groups -OCH3 is 1. The minimum absolute atomic E-state index is 0.0494. The number of aryl methyl sites for hydroxylation is 1. The van der Waals surface area contributed by atoms with Crippen LogP contribution >= 0.6 is 0 Å². The van der Waals surface area contributed by atoms with E-state index < -0.39 is 21.7 Å². The molecule has 0 spiro atoms. The number of pyridine rings is 1. The maximum absolute atomic E-state index is 14.7. The molecule has 0 radical (unpaired) electrons. The van der Waals surface area contributed by atoms with E-state index in [0.717, 1.165) is 5.56 Å². The van der Waals surface area contributed by atoms with Crippen molar-refractivity contribution in [2.24, 2.45) is 0 Å². The van der Waals surface area contributed by atoms with Crippen LogP contribution in [0.2, 0.25) is 0 Å². The maximum Gasteiger partial charge on any atom is 0.252 e. The fraction of sp³-hybridized carbons (Fsp3) is 0.269. The summed E-state index contributed by atoms with van der Waals surface area (Å²) in [5, 5.41) is 8.02. The van der Waals surface area contributed by atoms with E-state index in [1.807, 2.05) is 24.3 Å². The molecule has 5 rings (SSSR count). The summed E-state index contributed by atoms with van der Waals surface area (Å²) in [6.07, 6.45) is 0.404. The third kappa shape index (κ3) is 4.56. The van der Waals surface area contributed by atoms with Gasteiger partial charge in [0.25, 0.3) is 5.91 Å². The number of fused-ring (bicyclic) bond motifs is 1. The van der Waals surface area contributed by atoms with Gasteiger partial charge < -0.3 is 10.1 Å². The normalized spacial score (nSPS) is 16.8. The molecule has 1 unspecified atom stereocenters.